The standard InChI is InChI=1S/C15H29N3O2.HI/c1-5-16-14(18-11-9-15(2,3)12-18)17-10-7-6-8-13(19)20-4;/h5-12H2,1-4H3,(H,16,17);1H. The molecule has 1 aliphatic heterocycles. The number of hydrogen-bond donors (Lipinski definition) is 1. The summed E-state index contributed by atoms with van der Waals surface area (Å²) in [6.07, 6.45) is 3.45. The molecule has 0 aromatic heterocycles. The number of guanidine groups is 1. The van der Waals surface area contributed by atoms with E-state index < -0.39 is 0 Å². The van der Waals surface area contributed by atoms with Gasteiger partial charge in [0.2, 0.25) is 0 Å². The van der Waals surface area contributed by atoms with Crippen molar-refractivity contribution in [2.45, 2.75) is 46.5 Å². The maximum Gasteiger partial charge on any atom is 0.305 e. The van der Waals surface area contributed by atoms with Gasteiger partial charge in [0.25, 0.3) is 0 Å². The second-order valence-corrected chi connectivity index (χ2v) is 6.10. The molecule has 0 unspecified atom stereocenters. The van der Waals surface area contributed by atoms with E-state index in [-0.39, 0.29) is 29.9 Å². The molecule has 0 atom stereocenters. The largest absolute Gasteiger partial charge is 0.469 e. The van der Waals surface area contributed by atoms with E-state index in [9.17, 15) is 4.79 Å². The molecular formula is C15H30IN3O2. The number of likely N-dealkylation sites (tertiary alicyclic amines) is 1. The van der Waals surface area contributed by atoms with Crippen molar-refractivity contribution < 1.29 is 9.53 Å². The first-order chi connectivity index (χ1) is 9.48. The van der Waals surface area contributed by atoms with Crippen molar-refractivity contribution in [1.29, 1.82) is 0 Å². The fourth-order valence-electron chi connectivity index (χ4n) is 2.39. The smallest absolute Gasteiger partial charge is 0.305 e. The lowest BCUT2D eigenvalue weighted by molar-refractivity contribution is -0.140. The number of nitrogens with one attached hydrogen (secondary N) is 1. The zero-order valence-electron chi connectivity index (χ0n) is 13.8. The number of ether oxygens (including phenoxy) is 1. The Balaban J connectivity index is 0.00000400. The summed E-state index contributed by atoms with van der Waals surface area (Å²) in [6, 6.07) is 0. The van der Waals surface area contributed by atoms with Gasteiger partial charge >= 0.3 is 5.97 Å². The van der Waals surface area contributed by atoms with Gasteiger partial charge in [-0.25, -0.2) is 0 Å². The van der Waals surface area contributed by atoms with Gasteiger partial charge in [-0.05, 0) is 31.6 Å². The fourth-order valence-corrected chi connectivity index (χ4v) is 2.39. The summed E-state index contributed by atoms with van der Waals surface area (Å²) in [5.41, 5.74) is 0.376. The Kier molecular flexibility index (Phi) is 9.98. The second kappa shape index (κ2) is 10.2. The summed E-state index contributed by atoms with van der Waals surface area (Å²) in [5.74, 6) is 0.873. The van der Waals surface area contributed by atoms with Crippen molar-refractivity contribution >= 4 is 35.9 Å². The molecule has 1 saturated heterocycles. The zero-order chi connectivity index (χ0) is 15.0. The number of carbonyl (C=O) groups is 1. The van der Waals surface area contributed by atoms with Crippen LogP contribution in [0.25, 0.3) is 0 Å². The first kappa shape index (κ1) is 20.5. The molecule has 1 rings (SSSR count). The SMILES string of the molecule is CCNC(=NCCCCC(=O)OC)N1CCC(C)(C)C1.I. The van der Waals surface area contributed by atoms with Gasteiger partial charge in [-0.3, -0.25) is 9.79 Å². The van der Waals surface area contributed by atoms with Crippen LogP contribution in [0.3, 0.4) is 0 Å². The Labute approximate surface area is 145 Å². The molecule has 1 aliphatic rings. The lowest BCUT2D eigenvalue weighted by atomic mass is 9.93. The molecule has 0 aromatic rings. The Morgan fingerprint density at radius 3 is 2.62 bits per heavy atom. The average Bonchev–Trinajstić information content (AvgIpc) is 2.77. The summed E-state index contributed by atoms with van der Waals surface area (Å²) < 4.78 is 4.63. The first-order valence-electron chi connectivity index (χ1n) is 7.58. The predicted octanol–water partition coefficient (Wildman–Crippen LogP) is 2.65. The second-order valence-electron chi connectivity index (χ2n) is 6.10. The van der Waals surface area contributed by atoms with Crippen LogP contribution in [0, 0.1) is 5.41 Å². The van der Waals surface area contributed by atoms with E-state index >= 15 is 0 Å². The van der Waals surface area contributed by atoms with Crippen LogP contribution in [0.4, 0.5) is 0 Å². The minimum absolute atomic E-state index is 0. The fraction of sp³-hybridized carbons (Fsp3) is 0.867. The van der Waals surface area contributed by atoms with Crippen molar-refractivity contribution in [1.82, 2.24) is 10.2 Å². The first-order valence-corrected chi connectivity index (χ1v) is 7.58. The highest BCUT2D eigenvalue weighted by atomic mass is 127. The molecule has 1 fully saturated rings. The van der Waals surface area contributed by atoms with E-state index in [1.54, 1.807) is 0 Å². The summed E-state index contributed by atoms with van der Waals surface area (Å²) in [5, 5.41) is 3.36. The van der Waals surface area contributed by atoms with E-state index in [0.29, 0.717) is 11.8 Å². The molecule has 124 valence electrons. The molecule has 6 heteroatoms. The lowest BCUT2D eigenvalue weighted by Gasteiger charge is -2.23. The normalized spacial score (nSPS) is 17.3. The maximum atomic E-state index is 11.0. The van der Waals surface area contributed by atoms with E-state index in [2.05, 4.69) is 40.7 Å². The highest BCUT2D eigenvalue weighted by molar-refractivity contribution is 14.0. The van der Waals surface area contributed by atoms with Gasteiger partial charge in [-0.2, -0.15) is 0 Å². The number of nitrogens with zero attached hydrogens (tertiary/aromatic N) is 2. The van der Waals surface area contributed by atoms with Crippen LogP contribution >= 0.6 is 24.0 Å². The van der Waals surface area contributed by atoms with E-state index in [4.69, 9.17) is 0 Å². The van der Waals surface area contributed by atoms with Gasteiger partial charge in [0.15, 0.2) is 5.96 Å². The monoisotopic (exact) mass is 411 g/mol. The predicted molar refractivity (Wildman–Crippen MR) is 97.2 cm³/mol. The number of halogens is 1. The number of aliphatic imine (C=N–C) groups is 1. The number of carbonyl (C=O) groups excluding carboxylic acids is 1. The number of hydrogen-bond acceptors (Lipinski definition) is 3. The Bertz CT molecular complexity index is 346. The summed E-state index contributed by atoms with van der Waals surface area (Å²) in [6.45, 7) is 10.5. The molecule has 5 nitrogen and oxygen atoms in total. The summed E-state index contributed by atoms with van der Waals surface area (Å²) >= 11 is 0. The maximum absolute atomic E-state index is 11.0. The molecule has 1 heterocycles. The van der Waals surface area contributed by atoms with Crippen LogP contribution in [-0.2, 0) is 9.53 Å². The van der Waals surface area contributed by atoms with Crippen molar-refractivity contribution in [3.05, 3.63) is 0 Å². The number of methoxy groups -OCH3 is 1. The molecular weight excluding hydrogens is 381 g/mol. The van der Waals surface area contributed by atoms with Gasteiger partial charge in [0, 0.05) is 32.6 Å². The van der Waals surface area contributed by atoms with E-state index in [0.717, 1.165) is 45.0 Å². The number of rotatable bonds is 6. The molecule has 0 spiro atoms. The molecule has 0 radical (unpaired) electrons. The van der Waals surface area contributed by atoms with E-state index in [1.165, 1.54) is 13.5 Å². The van der Waals surface area contributed by atoms with Crippen LogP contribution in [0.2, 0.25) is 0 Å². The quantitative estimate of drug-likeness (QED) is 0.240. The number of unbranched alkanes of at least 4 members (excludes halogenated alkanes) is 1. The minimum Gasteiger partial charge on any atom is -0.469 e. The van der Waals surface area contributed by atoms with Crippen molar-refractivity contribution in [3.63, 3.8) is 0 Å². The zero-order valence-corrected chi connectivity index (χ0v) is 16.1. The summed E-state index contributed by atoms with van der Waals surface area (Å²) in [7, 11) is 1.43. The van der Waals surface area contributed by atoms with Crippen LogP contribution in [0.5, 0.6) is 0 Å². The molecule has 1 N–H and O–H groups in total. The van der Waals surface area contributed by atoms with Gasteiger partial charge < -0.3 is 15.0 Å². The van der Waals surface area contributed by atoms with Crippen LogP contribution in [0.1, 0.15) is 46.5 Å². The molecule has 0 amide bonds. The van der Waals surface area contributed by atoms with Crippen molar-refractivity contribution in [2.24, 2.45) is 10.4 Å². The molecule has 0 aliphatic carbocycles. The molecule has 0 bridgehead atoms. The van der Waals surface area contributed by atoms with Crippen molar-refractivity contribution in [2.75, 3.05) is 33.3 Å². The lowest BCUT2D eigenvalue weighted by Crippen LogP contribution is -2.40. The molecule has 21 heavy (non-hydrogen) atoms. The third-order valence-corrected chi connectivity index (χ3v) is 3.59. The topological polar surface area (TPSA) is 53.9 Å². The molecule has 0 saturated carbocycles. The van der Waals surface area contributed by atoms with Crippen molar-refractivity contribution in [3.8, 4) is 0 Å². The minimum atomic E-state index is -0.137. The molecule has 0 aromatic carbocycles. The number of esters is 1. The van der Waals surface area contributed by atoms with Gasteiger partial charge in [0.1, 0.15) is 0 Å². The third kappa shape index (κ3) is 7.87. The van der Waals surface area contributed by atoms with Crippen LogP contribution in [0.15, 0.2) is 4.99 Å². The highest BCUT2D eigenvalue weighted by Crippen LogP contribution is 2.28. The van der Waals surface area contributed by atoms with Crippen LogP contribution in [-0.4, -0.2) is 50.1 Å². The third-order valence-electron chi connectivity index (χ3n) is 3.59. The Morgan fingerprint density at radius 1 is 1.38 bits per heavy atom. The summed E-state index contributed by atoms with van der Waals surface area (Å²) in [4.78, 5) is 18.0. The van der Waals surface area contributed by atoms with E-state index in [1.807, 2.05) is 0 Å². The average molecular weight is 411 g/mol. The Hall–Kier alpha value is -0.530. The Morgan fingerprint density at radius 2 is 2.10 bits per heavy atom. The van der Waals surface area contributed by atoms with Crippen LogP contribution < -0.4 is 5.32 Å². The highest BCUT2D eigenvalue weighted by Gasteiger charge is 2.30. The van der Waals surface area contributed by atoms with Gasteiger partial charge in [-0.1, -0.05) is 13.8 Å². The van der Waals surface area contributed by atoms with Gasteiger partial charge in [-0.15, -0.1) is 24.0 Å². The van der Waals surface area contributed by atoms with Gasteiger partial charge in [0.05, 0.1) is 7.11 Å².